The number of hydrogen-bond donors (Lipinski definition) is 1. The molecule has 114 valence electrons. The third-order valence-corrected chi connectivity index (χ3v) is 3.80. The van der Waals surface area contributed by atoms with E-state index in [4.69, 9.17) is 15.2 Å². The summed E-state index contributed by atoms with van der Waals surface area (Å²) in [6, 6.07) is 6.05. The minimum atomic E-state index is 0.338. The molecular formula is C17H24N2O2. The molecule has 4 nitrogen and oxygen atoms in total. The smallest absolute Gasteiger partial charge is 0.123 e. The van der Waals surface area contributed by atoms with Crippen molar-refractivity contribution in [1.82, 2.24) is 4.90 Å². The zero-order chi connectivity index (χ0) is 15.1. The lowest BCUT2D eigenvalue weighted by Gasteiger charge is -2.32. The molecular weight excluding hydrogens is 264 g/mol. The van der Waals surface area contributed by atoms with Gasteiger partial charge in [-0.05, 0) is 37.6 Å². The van der Waals surface area contributed by atoms with Crippen molar-refractivity contribution in [2.24, 2.45) is 5.73 Å². The Balaban J connectivity index is 2.13. The van der Waals surface area contributed by atoms with Crippen LogP contribution in [0.1, 0.15) is 24.0 Å². The first kappa shape index (κ1) is 15.8. The highest BCUT2D eigenvalue weighted by atomic mass is 16.5. The van der Waals surface area contributed by atoms with Crippen LogP contribution in [0.15, 0.2) is 18.2 Å². The lowest BCUT2D eigenvalue weighted by atomic mass is 10.1. The molecule has 1 unspecified atom stereocenters. The second-order valence-corrected chi connectivity index (χ2v) is 5.27. The summed E-state index contributed by atoms with van der Waals surface area (Å²) in [5, 5.41) is 0. The summed E-state index contributed by atoms with van der Waals surface area (Å²) in [5.41, 5.74) is 7.58. The average molecular weight is 288 g/mol. The van der Waals surface area contributed by atoms with Crippen molar-refractivity contribution in [3.63, 3.8) is 0 Å². The molecule has 4 heteroatoms. The van der Waals surface area contributed by atoms with Gasteiger partial charge in [-0.25, -0.2) is 0 Å². The fourth-order valence-corrected chi connectivity index (χ4v) is 2.72. The van der Waals surface area contributed by atoms with Crippen LogP contribution >= 0.6 is 0 Å². The summed E-state index contributed by atoms with van der Waals surface area (Å²) >= 11 is 0. The number of piperidine rings is 1. The van der Waals surface area contributed by atoms with E-state index in [1.165, 1.54) is 6.42 Å². The van der Waals surface area contributed by atoms with Gasteiger partial charge in [-0.1, -0.05) is 11.8 Å². The van der Waals surface area contributed by atoms with Crippen molar-refractivity contribution in [1.29, 1.82) is 0 Å². The maximum Gasteiger partial charge on any atom is 0.123 e. The second kappa shape index (κ2) is 8.04. The zero-order valence-corrected chi connectivity index (χ0v) is 12.9. The van der Waals surface area contributed by atoms with E-state index >= 15 is 0 Å². The fraction of sp³-hybridized carbons (Fsp3) is 0.529. The highest BCUT2D eigenvalue weighted by molar-refractivity contribution is 5.44. The fourth-order valence-electron chi connectivity index (χ4n) is 2.72. The van der Waals surface area contributed by atoms with Crippen LogP contribution < -0.4 is 10.5 Å². The first-order valence-corrected chi connectivity index (χ1v) is 7.37. The minimum absolute atomic E-state index is 0.338. The van der Waals surface area contributed by atoms with Crippen LogP contribution in [0, 0.1) is 11.8 Å². The van der Waals surface area contributed by atoms with Gasteiger partial charge in [-0.15, -0.1) is 0 Å². The molecule has 1 saturated heterocycles. The Hall–Kier alpha value is -1.54. The molecule has 1 atom stereocenters. The van der Waals surface area contributed by atoms with Gasteiger partial charge in [0, 0.05) is 31.3 Å². The van der Waals surface area contributed by atoms with Gasteiger partial charge < -0.3 is 15.2 Å². The van der Waals surface area contributed by atoms with Gasteiger partial charge >= 0.3 is 0 Å². The average Bonchev–Trinajstić information content (AvgIpc) is 2.53. The van der Waals surface area contributed by atoms with Gasteiger partial charge in [-0.2, -0.15) is 0 Å². The highest BCUT2D eigenvalue weighted by Gasteiger charge is 2.20. The minimum Gasteiger partial charge on any atom is -0.496 e. The van der Waals surface area contributed by atoms with Crippen molar-refractivity contribution < 1.29 is 9.47 Å². The summed E-state index contributed by atoms with van der Waals surface area (Å²) < 4.78 is 11.0. The van der Waals surface area contributed by atoms with Crippen molar-refractivity contribution >= 4 is 0 Å². The molecule has 2 rings (SSSR count). The van der Waals surface area contributed by atoms with Gasteiger partial charge in [0.1, 0.15) is 5.75 Å². The molecule has 0 saturated carbocycles. The number of nitrogens with two attached hydrogens (primary N) is 1. The zero-order valence-electron chi connectivity index (χ0n) is 12.9. The molecule has 1 aromatic carbocycles. The number of rotatable bonds is 4. The summed E-state index contributed by atoms with van der Waals surface area (Å²) in [6.07, 6.45) is 2.66. The van der Waals surface area contributed by atoms with Crippen LogP contribution in [-0.4, -0.2) is 44.9 Å². The maximum absolute atomic E-state index is 5.48. The first-order valence-electron chi connectivity index (χ1n) is 7.37. The number of methoxy groups -OCH3 is 2. The normalized spacial score (nSPS) is 18.9. The molecule has 0 spiro atoms. The lowest BCUT2D eigenvalue weighted by molar-refractivity contribution is 0.0283. The second-order valence-electron chi connectivity index (χ2n) is 5.27. The maximum atomic E-state index is 5.48. The monoisotopic (exact) mass is 288 g/mol. The molecule has 0 aliphatic carbocycles. The molecule has 1 aliphatic rings. The van der Waals surface area contributed by atoms with E-state index in [9.17, 15) is 0 Å². The van der Waals surface area contributed by atoms with Crippen LogP contribution in [0.4, 0.5) is 0 Å². The molecule has 2 N–H and O–H groups in total. The van der Waals surface area contributed by atoms with Crippen molar-refractivity contribution in [2.75, 3.05) is 33.9 Å². The molecule has 1 fully saturated rings. The lowest BCUT2D eigenvalue weighted by Crippen LogP contribution is -2.38. The number of nitrogens with zero attached hydrogens (tertiary/aromatic N) is 1. The van der Waals surface area contributed by atoms with Crippen molar-refractivity contribution in [2.45, 2.75) is 25.5 Å². The number of ether oxygens (including phenoxy) is 2. The SMILES string of the molecule is COc1ccc(C#CCN)cc1CN1CCCC(OC)C1. The number of likely N-dealkylation sites (tertiary alicyclic amines) is 1. The summed E-state index contributed by atoms with van der Waals surface area (Å²) in [6.45, 7) is 3.31. The van der Waals surface area contributed by atoms with E-state index in [1.54, 1.807) is 14.2 Å². The predicted octanol–water partition coefficient (Wildman–Crippen LogP) is 1.62. The summed E-state index contributed by atoms with van der Waals surface area (Å²) in [7, 11) is 3.50. The van der Waals surface area contributed by atoms with E-state index in [0.29, 0.717) is 12.6 Å². The van der Waals surface area contributed by atoms with E-state index < -0.39 is 0 Å². The molecule has 0 amide bonds. The molecule has 21 heavy (non-hydrogen) atoms. The molecule has 0 aromatic heterocycles. The molecule has 0 bridgehead atoms. The predicted molar refractivity (Wildman–Crippen MR) is 84.2 cm³/mol. The van der Waals surface area contributed by atoms with E-state index in [0.717, 1.165) is 42.9 Å². The van der Waals surface area contributed by atoms with Gasteiger partial charge in [0.2, 0.25) is 0 Å². The van der Waals surface area contributed by atoms with Crippen molar-refractivity contribution in [3.05, 3.63) is 29.3 Å². The summed E-state index contributed by atoms with van der Waals surface area (Å²) in [4.78, 5) is 2.41. The van der Waals surface area contributed by atoms with E-state index in [2.05, 4.69) is 22.8 Å². The van der Waals surface area contributed by atoms with E-state index in [-0.39, 0.29) is 0 Å². The Bertz CT molecular complexity index is 519. The molecule has 1 aromatic rings. The van der Waals surface area contributed by atoms with Crippen molar-refractivity contribution in [3.8, 4) is 17.6 Å². The largest absolute Gasteiger partial charge is 0.496 e. The molecule has 1 aliphatic heterocycles. The van der Waals surface area contributed by atoms with Crippen LogP contribution in [-0.2, 0) is 11.3 Å². The first-order chi connectivity index (χ1) is 10.3. The Labute approximate surface area is 127 Å². The van der Waals surface area contributed by atoms with Crippen LogP contribution in [0.3, 0.4) is 0 Å². The number of hydrogen-bond acceptors (Lipinski definition) is 4. The van der Waals surface area contributed by atoms with Gasteiger partial charge in [0.15, 0.2) is 0 Å². The third-order valence-electron chi connectivity index (χ3n) is 3.80. The highest BCUT2D eigenvalue weighted by Crippen LogP contribution is 2.23. The third kappa shape index (κ3) is 4.47. The molecule has 1 heterocycles. The quantitative estimate of drug-likeness (QED) is 0.855. The van der Waals surface area contributed by atoms with Crippen LogP contribution in [0.5, 0.6) is 5.75 Å². The van der Waals surface area contributed by atoms with Gasteiger partial charge in [0.25, 0.3) is 0 Å². The Morgan fingerprint density at radius 1 is 1.38 bits per heavy atom. The van der Waals surface area contributed by atoms with Gasteiger partial charge in [-0.3, -0.25) is 4.90 Å². The Morgan fingerprint density at radius 3 is 2.95 bits per heavy atom. The van der Waals surface area contributed by atoms with Crippen LogP contribution in [0.25, 0.3) is 0 Å². The van der Waals surface area contributed by atoms with Gasteiger partial charge in [0.05, 0.1) is 19.8 Å². The standard InChI is InChI=1S/C17H24N2O2/c1-20-16-6-4-10-19(13-16)12-15-11-14(5-3-9-18)7-8-17(15)21-2/h7-8,11,16H,4,6,9-10,12-13,18H2,1-2H3. The van der Waals surface area contributed by atoms with Crippen LogP contribution in [0.2, 0.25) is 0 Å². The molecule has 0 radical (unpaired) electrons. The Kier molecular flexibility index (Phi) is 6.06. The Morgan fingerprint density at radius 2 is 2.24 bits per heavy atom. The summed E-state index contributed by atoms with van der Waals surface area (Å²) in [5.74, 6) is 6.88. The van der Waals surface area contributed by atoms with E-state index in [1.807, 2.05) is 12.1 Å². The topological polar surface area (TPSA) is 47.7 Å². The number of benzene rings is 1.